The van der Waals surface area contributed by atoms with Crippen molar-refractivity contribution < 1.29 is 19.1 Å². The molecule has 2 aromatic rings. The zero-order valence-corrected chi connectivity index (χ0v) is 14.8. The Morgan fingerprint density at radius 2 is 1.72 bits per heavy atom. The summed E-state index contributed by atoms with van der Waals surface area (Å²) in [5.41, 5.74) is 3.40. The Hall–Kier alpha value is -2.33. The highest BCUT2D eigenvalue weighted by atomic mass is 35.5. The SMILES string of the molecule is CC(=O)OCCCOc1ccc2c(c1)CCc1cc(Cl)ccc1C2=O. The molecular formula is C20H19ClO4. The van der Waals surface area contributed by atoms with E-state index in [0.717, 1.165) is 35.3 Å². The van der Waals surface area contributed by atoms with Gasteiger partial charge in [-0.15, -0.1) is 0 Å². The molecule has 130 valence electrons. The maximum Gasteiger partial charge on any atom is 0.302 e. The fourth-order valence-electron chi connectivity index (χ4n) is 2.96. The molecule has 1 aliphatic rings. The van der Waals surface area contributed by atoms with Gasteiger partial charge in [0.2, 0.25) is 0 Å². The number of carbonyl (C=O) groups excluding carboxylic acids is 2. The molecule has 0 fully saturated rings. The van der Waals surface area contributed by atoms with Crippen LogP contribution in [0.1, 0.15) is 40.4 Å². The van der Waals surface area contributed by atoms with Crippen molar-refractivity contribution in [1.29, 1.82) is 0 Å². The summed E-state index contributed by atoms with van der Waals surface area (Å²) < 4.78 is 10.6. The number of esters is 1. The van der Waals surface area contributed by atoms with Crippen LogP contribution in [-0.2, 0) is 22.4 Å². The fourth-order valence-corrected chi connectivity index (χ4v) is 3.15. The van der Waals surface area contributed by atoms with Crippen molar-refractivity contribution in [3.05, 3.63) is 63.7 Å². The summed E-state index contributed by atoms with van der Waals surface area (Å²) in [6.07, 6.45) is 2.16. The topological polar surface area (TPSA) is 52.6 Å². The molecule has 2 aromatic carbocycles. The first-order valence-electron chi connectivity index (χ1n) is 8.27. The van der Waals surface area contributed by atoms with Crippen molar-refractivity contribution in [2.75, 3.05) is 13.2 Å². The average Bonchev–Trinajstić information content (AvgIpc) is 2.71. The van der Waals surface area contributed by atoms with Crippen LogP contribution in [0.15, 0.2) is 36.4 Å². The van der Waals surface area contributed by atoms with Crippen LogP contribution in [0.5, 0.6) is 5.75 Å². The molecule has 0 heterocycles. The zero-order valence-electron chi connectivity index (χ0n) is 14.0. The van der Waals surface area contributed by atoms with Crippen molar-refractivity contribution in [2.24, 2.45) is 0 Å². The lowest BCUT2D eigenvalue weighted by atomic mass is 9.99. The first-order valence-corrected chi connectivity index (χ1v) is 8.64. The number of hydrogen-bond acceptors (Lipinski definition) is 4. The number of benzene rings is 2. The second kappa shape index (κ2) is 7.70. The monoisotopic (exact) mass is 358 g/mol. The number of carbonyl (C=O) groups is 2. The Labute approximate surface area is 151 Å². The van der Waals surface area contributed by atoms with E-state index < -0.39 is 0 Å². The molecule has 0 saturated carbocycles. The van der Waals surface area contributed by atoms with Crippen LogP contribution in [0.3, 0.4) is 0 Å². The molecule has 0 radical (unpaired) electrons. The molecule has 0 N–H and O–H groups in total. The van der Waals surface area contributed by atoms with Gasteiger partial charge in [0.15, 0.2) is 5.78 Å². The Balaban J connectivity index is 1.71. The number of fused-ring (bicyclic) bond motifs is 2. The third kappa shape index (κ3) is 4.20. The molecule has 0 saturated heterocycles. The van der Waals surface area contributed by atoms with Gasteiger partial charge in [0.25, 0.3) is 0 Å². The standard InChI is InChI=1S/C20H19ClO4/c1-13(22)24-9-2-10-25-17-6-8-19-15(12-17)4-3-14-11-16(21)5-7-18(14)20(19)23/h5-8,11-12H,2-4,9-10H2,1H3. The van der Waals surface area contributed by atoms with E-state index in [1.807, 2.05) is 24.3 Å². The van der Waals surface area contributed by atoms with E-state index in [4.69, 9.17) is 21.1 Å². The van der Waals surface area contributed by atoms with Crippen LogP contribution in [-0.4, -0.2) is 25.0 Å². The van der Waals surface area contributed by atoms with E-state index >= 15 is 0 Å². The van der Waals surface area contributed by atoms with Crippen LogP contribution in [0, 0.1) is 0 Å². The highest BCUT2D eigenvalue weighted by Gasteiger charge is 2.21. The summed E-state index contributed by atoms with van der Waals surface area (Å²) in [6, 6.07) is 11.0. The minimum atomic E-state index is -0.289. The van der Waals surface area contributed by atoms with Crippen molar-refractivity contribution in [1.82, 2.24) is 0 Å². The first kappa shape index (κ1) is 17.5. The third-order valence-corrected chi connectivity index (χ3v) is 4.39. The predicted octanol–water partition coefficient (Wildman–Crippen LogP) is 4.00. The van der Waals surface area contributed by atoms with Crippen molar-refractivity contribution in [3.8, 4) is 5.75 Å². The van der Waals surface area contributed by atoms with Gasteiger partial charge in [-0.2, -0.15) is 0 Å². The zero-order chi connectivity index (χ0) is 17.8. The minimum Gasteiger partial charge on any atom is -0.493 e. The van der Waals surface area contributed by atoms with Crippen molar-refractivity contribution in [2.45, 2.75) is 26.2 Å². The van der Waals surface area contributed by atoms with E-state index in [-0.39, 0.29) is 11.8 Å². The lowest BCUT2D eigenvalue weighted by Gasteiger charge is -2.10. The summed E-state index contributed by atoms with van der Waals surface area (Å²) in [4.78, 5) is 23.5. The number of halogens is 1. The Morgan fingerprint density at radius 3 is 2.44 bits per heavy atom. The molecule has 25 heavy (non-hydrogen) atoms. The van der Waals surface area contributed by atoms with E-state index in [9.17, 15) is 9.59 Å². The van der Waals surface area contributed by atoms with Gasteiger partial charge in [-0.1, -0.05) is 11.6 Å². The van der Waals surface area contributed by atoms with Crippen LogP contribution >= 0.6 is 11.6 Å². The highest BCUT2D eigenvalue weighted by Crippen LogP contribution is 2.29. The normalized spacial score (nSPS) is 12.8. The lowest BCUT2D eigenvalue weighted by Crippen LogP contribution is -2.07. The van der Waals surface area contributed by atoms with Crippen LogP contribution in [0.4, 0.5) is 0 Å². The Bertz CT molecular complexity index is 813. The molecule has 1 aliphatic carbocycles. The van der Waals surface area contributed by atoms with Gasteiger partial charge >= 0.3 is 5.97 Å². The van der Waals surface area contributed by atoms with E-state index in [1.165, 1.54) is 6.92 Å². The minimum absolute atomic E-state index is 0.0283. The third-order valence-electron chi connectivity index (χ3n) is 4.16. The molecule has 3 rings (SSSR count). The quantitative estimate of drug-likeness (QED) is 0.598. The van der Waals surface area contributed by atoms with E-state index in [0.29, 0.717) is 30.2 Å². The predicted molar refractivity (Wildman–Crippen MR) is 95.5 cm³/mol. The van der Waals surface area contributed by atoms with Crippen LogP contribution in [0.25, 0.3) is 0 Å². The number of rotatable bonds is 5. The first-order chi connectivity index (χ1) is 12.0. The number of ether oxygens (including phenoxy) is 2. The second-order valence-corrected chi connectivity index (χ2v) is 6.43. The Kier molecular flexibility index (Phi) is 5.39. The van der Waals surface area contributed by atoms with E-state index in [2.05, 4.69) is 0 Å². The summed E-state index contributed by atoms with van der Waals surface area (Å²) in [5, 5.41) is 0.648. The van der Waals surface area contributed by atoms with Gasteiger partial charge in [0, 0.05) is 29.5 Å². The molecule has 0 aromatic heterocycles. The molecule has 0 bridgehead atoms. The van der Waals surface area contributed by atoms with Crippen molar-refractivity contribution >= 4 is 23.4 Å². The largest absolute Gasteiger partial charge is 0.493 e. The highest BCUT2D eigenvalue weighted by molar-refractivity contribution is 6.30. The smallest absolute Gasteiger partial charge is 0.302 e. The maximum atomic E-state index is 12.8. The van der Waals surface area contributed by atoms with Gasteiger partial charge in [0.05, 0.1) is 13.2 Å². The molecule has 0 spiro atoms. The van der Waals surface area contributed by atoms with Gasteiger partial charge in [-0.05, 0) is 60.4 Å². The molecule has 0 unspecified atom stereocenters. The summed E-state index contributed by atoms with van der Waals surface area (Å²) >= 11 is 6.05. The van der Waals surface area contributed by atoms with E-state index in [1.54, 1.807) is 12.1 Å². The van der Waals surface area contributed by atoms with Gasteiger partial charge in [-0.25, -0.2) is 0 Å². The molecule has 5 heteroatoms. The fraction of sp³-hybridized carbons (Fsp3) is 0.300. The van der Waals surface area contributed by atoms with Gasteiger partial charge in [-0.3, -0.25) is 9.59 Å². The number of aryl methyl sites for hydroxylation is 2. The lowest BCUT2D eigenvalue weighted by molar-refractivity contribution is -0.141. The van der Waals surface area contributed by atoms with Crippen LogP contribution in [0.2, 0.25) is 5.02 Å². The molecule has 0 atom stereocenters. The average molecular weight is 359 g/mol. The molecular weight excluding hydrogens is 340 g/mol. The Morgan fingerprint density at radius 1 is 1.04 bits per heavy atom. The van der Waals surface area contributed by atoms with Gasteiger partial charge in [0.1, 0.15) is 5.75 Å². The summed E-state index contributed by atoms with van der Waals surface area (Å²) in [5.74, 6) is 0.460. The maximum absolute atomic E-state index is 12.8. The van der Waals surface area contributed by atoms with Gasteiger partial charge < -0.3 is 9.47 Å². The molecule has 0 amide bonds. The van der Waals surface area contributed by atoms with Crippen molar-refractivity contribution in [3.63, 3.8) is 0 Å². The summed E-state index contributed by atoms with van der Waals surface area (Å²) in [7, 11) is 0. The van der Waals surface area contributed by atoms with Crippen LogP contribution < -0.4 is 4.74 Å². The number of ketones is 1. The molecule has 4 nitrogen and oxygen atoms in total. The number of hydrogen-bond donors (Lipinski definition) is 0. The second-order valence-electron chi connectivity index (χ2n) is 5.99. The molecule has 0 aliphatic heterocycles. The summed E-state index contributed by atoms with van der Waals surface area (Å²) in [6.45, 7) is 2.18.